The number of likely N-dealkylation sites (N-methyl/N-ethyl adjacent to an activating group) is 1. The molecular formula is C16H18ClF2N3O2. The molecule has 1 aromatic carbocycles. The van der Waals surface area contributed by atoms with Gasteiger partial charge in [0.25, 0.3) is 5.91 Å². The smallest absolute Gasteiger partial charge is 0.319 e. The second kappa shape index (κ2) is 7.61. The maximum Gasteiger partial charge on any atom is 0.319 e. The number of benzene rings is 1. The van der Waals surface area contributed by atoms with E-state index < -0.39 is 12.7 Å². The standard InChI is InChI=1S/C16H18ClF2N3O2/c1-10-8-12(17)4-5-13(10)24-11(2)15(23)21(3)9-14-20-6-7-22(14)16(18)19/h4-8,11,16H,9H2,1-3H3. The van der Waals surface area contributed by atoms with E-state index in [1.165, 1.54) is 24.3 Å². The molecule has 1 heterocycles. The van der Waals surface area contributed by atoms with Gasteiger partial charge in [0.15, 0.2) is 6.10 Å². The monoisotopic (exact) mass is 357 g/mol. The number of aryl methyl sites for hydroxylation is 1. The van der Waals surface area contributed by atoms with Crippen molar-refractivity contribution < 1.29 is 18.3 Å². The lowest BCUT2D eigenvalue weighted by Crippen LogP contribution is -2.38. The van der Waals surface area contributed by atoms with E-state index in [1.807, 2.05) is 6.92 Å². The molecule has 0 aliphatic rings. The number of aromatic nitrogens is 2. The van der Waals surface area contributed by atoms with Crippen molar-refractivity contribution in [2.75, 3.05) is 7.05 Å². The van der Waals surface area contributed by atoms with E-state index >= 15 is 0 Å². The number of hydrogen-bond acceptors (Lipinski definition) is 3. The van der Waals surface area contributed by atoms with E-state index in [1.54, 1.807) is 25.1 Å². The molecule has 0 fully saturated rings. The van der Waals surface area contributed by atoms with Crippen molar-refractivity contribution in [3.8, 4) is 5.75 Å². The second-order valence-electron chi connectivity index (χ2n) is 5.39. The van der Waals surface area contributed by atoms with Crippen LogP contribution in [0.3, 0.4) is 0 Å². The maximum atomic E-state index is 12.8. The Bertz CT molecular complexity index is 721. The van der Waals surface area contributed by atoms with Crippen LogP contribution in [0, 0.1) is 6.92 Å². The van der Waals surface area contributed by atoms with Crippen LogP contribution in [0.15, 0.2) is 30.6 Å². The summed E-state index contributed by atoms with van der Waals surface area (Å²) in [6.45, 7) is 0.689. The third-order valence-corrected chi connectivity index (χ3v) is 3.74. The lowest BCUT2D eigenvalue weighted by Gasteiger charge is -2.23. The van der Waals surface area contributed by atoms with Crippen LogP contribution in [0.25, 0.3) is 0 Å². The van der Waals surface area contributed by atoms with Gasteiger partial charge in [0.1, 0.15) is 11.6 Å². The molecule has 24 heavy (non-hydrogen) atoms. The molecule has 1 aromatic heterocycles. The summed E-state index contributed by atoms with van der Waals surface area (Å²) in [5, 5.41) is 0.579. The molecule has 1 amide bonds. The Labute approximate surface area is 143 Å². The van der Waals surface area contributed by atoms with Gasteiger partial charge in [-0.15, -0.1) is 0 Å². The second-order valence-corrected chi connectivity index (χ2v) is 5.83. The fourth-order valence-corrected chi connectivity index (χ4v) is 2.46. The molecule has 8 heteroatoms. The number of nitrogens with zero attached hydrogens (tertiary/aromatic N) is 3. The Morgan fingerprint density at radius 1 is 1.46 bits per heavy atom. The van der Waals surface area contributed by atoms with Gasteiger partial charge in [-0.1, -0.05) is 11.6 Å². The minimum Gasteiger partial charge on any atom is -0.481 e. The molecule has 130 valence electrons. The van der Waals surface area contributed by atoms with Crippen molar-refractivity contribution in [2.24, 2.45) is 0 Å². The van der Waals surface area contributed by atoms with Crippen molar-refractivity contribution >= 4 is 17.5 Å². The van der Waals surface area contributed by atoms with E-state index in [4.69, 9.17) is 16.3 Å². The SMILES string of the molecule is Cc1cc(Cl)ccc1OC(C)C(=O)N(C)Cc1nccn1C(F)F. The number of amides is 1. The van der Waals surface area contributed by atoms with Crippen LogP contribution in [-0.2, 0) is 11.3 Å². The van der Waals surface area contributed by atoms with Gasteiger partial charge in [-0.3, -0.25) is 9.36 Å². The van der Waals surface area contributed by atoms with Crippen molar-refractivity contribution in [3.05, 3.63) is 47.0 Å². The number of hydrogen-bond donors (Lipinski definition) is 0. The first-order valence-corrected chi connectivity index (χ1v) is 7.65. The van der Waals surface area contributed by atoms with Crippen molar-refractivity contribution in [3.63, 3.8) is 0 Å². The highest BCUT2D eigenvalue weighted by Gasteiger charge is 2.22. The Morgan fingerprint density at radius 3 is 2.79 bits per heavy atom. The van der Waals surface area contributed by atoms with Crippen LogP contribution in [0.5, 0.6) is 5.75 Å². The molecule has 0 N–H and O–H groups in total. The number of carbonyl (C=O) groups excluding carboxylic acids is 1. The Morgan fingerprint density at radius 2 is 2.17 bits per heavy atom. The average molecular weight is 358 g/mol. The summed E-state index contributed by atoms with van der Waals surface area (Å²) in [4.78, 5) is 17.5. The molecule has 0 bridgehead atoms. The third-order valence-electron chi connectivity index (χ3n) is 3.50. The molecule has 1 unspecified atom stereocenters. The van der Waals surface area contributed by atoms with Crippen LogP contribution in [0.1, 0.15) is 24.9 Å². The zero-order chi connectivity index (χ0) is 17.9. The normalized spacial score (nSPS) is 12.3. The minimum atomic E-state index is -2.70. The van der Waals surface area contributed by atoms with E-state index in [0.29, 0.717) is 10.8 Å². The van der Waals surface area contributed by atoms with Crippen molar-refractivity contribution in [1.82, 2.24) is 14.5 Å². The number of imidazole rings is 1. The quantitative estimate of drug-likeness (QED) is 0.792. The minimum absolute atomic E-state index is 0.0382. The fourth-order valence-electron chi connectivity index (χ4n) is 2.23. The molecule has 0 spiro atoms. The molecule has 1 atom stereocenters. The number of carbonyl (C=O) groups is 1. The van der Waals surface area contributed by atoms with Gasteiger partial charge in [0.05, 0.1) is 6.54 Å². The predicted octanol–water partition coefficient (Wildman–Crippen LogP) is 3.67. The van der Waals surface area contributed by atoms with Gasteiger partial charge >= 0.3 is 6.55 Å². The summed E-state index contributed by atoms with van der Waals surface area (Å²) >= 11 is 5.89. The molecule has 2 rings (SSSR count). The summed E-state index contributed by atoms with van der Waals surface area (Å²) in [5.74, 6) is 0.312. The highest BCUT2D eigenvalue weighted by atomic mass is 35.5. The van der Waals surface area contributed by atoms with Gasteiger partial charge in [-0.2, -0.15) is 8.78 Å². The van der Waals surface area contributed by atoms with Crippen LogP contribution in [0.2, 0.25) is 5.02 Å². The zero-order valence-corrected chi connectivity index (χ0v) is 14.3. The highest BCUT2D eigenvalue weighted by Crippen LogP contribution is 2.23. The summed E-state index contributed by atoms with van der Waals surface area (Å²) in [6.07, 6.45) is 1.68. The largest absolute Gasteiger partial charge is 0.481 e. The van der Waals surface area contributed by atoms with Gasteiger partial charge < -0.3 is 9.64 Å². The van der Waals surface area contributed by atoms with Gasteiger partial charge in [-0.25, -0.2) is 4.98 Å². The van der Waals surface area contributed by atoms with Crippen LogP contribution < -0.4 is 4.74 Å². The number of rotatable bonds is 6. The van der Waals surface area contributed by atoms with Crippen LogP contribution in [0.4, 0.5) is 8.78 Å². The Balaban J connectivity index is 2.03. The van der Waals surface area contributed by atoms with Crippen LogP contribution >= 0.6 is 11.6 Å². The highest BCUT2D eigenvalue weighted by molar-refractivity contribution is 6.30. The summed E-state index contributed by atoms with van der Waals surface area (Å²) in [7, 11) is 1.52. The first-order valence-electron chi connectivity index (χ1n) is 7.27. The fraction of sp³-hybridized carbons (Fsp3) is 0.375. The topological polar surface area (TPSA) is 47.4 Å². The molecule has 0 aliphatic carbocycles. The van der Waals surface area contributed by atoms with E-state index in [9.17, 15) is 13.6 Å². The van der Waals surface area contributed by atoms with E-state index in [-0.39, 0.29) is 18.3 Å². The Hall–Kier alpha value is -2.15. The van der Waals surface area contributed by atoms with Crippen molar-refractivity contribution in [2.45, 2.75) is 33.0 Å². The molecule has 0 saturated carbocycles. The van der Waals surface area contributed by atoms with Crippen LogP contribution in [-0.4, -0.2) is 33.5 Å². The number of ether oxygens (including phenoxy) is 1. The molecular weight excluding hydrogens is 340 g/mol. The lowest BCUT2D eigenvalue weighted by molar-refractivity contribution is -0.137. The summed E-state index contributed by atoms with van der Waals surface area (Å²) < 4.78 is 32.0. The first-order chi connectivity index (χ1) is 11.3. The number of alkyl halides is 2. The van der Waals surface area contributed by atoms with Gasteiger partial charge in [-0.05, 0) is 37.6 Å². The summed E-state index contributed by atoms with van der Waals surface area (Å²) in [6, 6.07) is 5.09. The van der Waals surface area contributed by atoms with Gasteiger partial charge in [0, 0.05) is 24.5 Å². The summed E-state index contributed by atoms with van der Waals surface area (Å²) in [5.41, 5.74) is 0.804. The predicted molar refractivity (Wildman–Crippen MR) is 86.2 cm³/mol. The van der Waals surface area contributed by atoms with Crippen molar-refractivity contribution in [1.29, 1.82) is 0 Å². The molecule has 2 aromatic rings. The maximum absolute atomic E-state index is 12.8. The Kier molecular flexibility index (Phi) is 5.77. The average Bonchev–Trinajstić information content (AvgIpc) is 2.97. The molecule has 0 radical (unpaired) electrons. The molecule has 5 nitrogen and oxygen atoms in total. The molecule has 0 saturated heterocycles. The zero-order valence-electron chi connectivity index (χ0n) is 13.5. The third kappa shape index (κ3) is 4.23. The lowest BCUT2D eigenvalue weighted by atomic mass is 10.2. The molecule has 0 aliphatic heterocycles. The van der Waals surface area contributed by atoms with E-state index in [2.05, 4.69) is 4.98 Å². The van der Waals surface area contributed by atoms with E-state index in [0.717, 1.165) is 10.1 Å². The van der Waals surface area contributed by atoms with Gasteiger partial charge in [0.2, 0.25) is 0 Å². The number of halogens is 3. The first kappa shape index (κ1) is 18.2.